The second kappa shape index (κ2) is 6.99. The molecule has 0 aromatic heterocycles. The Morgan fingerprint density at radius 2 is 1.81 bits per heavy atom. The fourth-order valence-corrected chi connectivity index (χ4v) is 3.51. The van der Waals surface area contributed by atoms with E-state index in [1.807, 2.05) is 11.8 Å². The highest BCUT2D eigenvalue weighted by Gasteiger charge is 2.10. The van der Waals surface area contributed by atoms with Crippen LogP contribution in [0, 0.1) is 6.92 Å². The lowest BCUT2D eigenvalue weighted by Gasteiger charge is -2.21. The van der Waals surface area contributed by atoms with Crippen molar-refractivity contribution in [2.75, 3.05) is 0 Å². The highest BCUT2D eigenvalue weighted by atomic mass is 79.9. The standard InChI is InChI=1S/C18H22BrNS/c1-13-7-5-6-8-17(13)21-15-10-9-14(16(19)11-15)12-20-18(2,3)4/h5-11,20H,12H2,1-4H3. The SMILES string of the molecule is Cc1ccccc1Sc1ccc(CNC(C)(C)C)c(Br)c1. The predicted molar refractivity (Wildman–Crippen MR) is 96.0 cm³/mol. The van der Waals surface area contributed by atoms with Crippen LogP contribution in [0.4, 0.5) is 0 Å². The van der Waals surface area contributed by atoms with E-state index >= 15 is 0 Å². The number of hydrogen-bond acceptors (Lipinski definition) is 2. The minimum Gasteiger partial charge on any atom is -0.308 e. The van der Waals surface area contributed by atoms with Gasteiger partial charge in [0.1, 0.15) is 0 Å². The van der Waals surface area contributed by atoms with Crippen LogP contribution in [0.5, 0.6) is 0 Å². The summed E-state index contributed by atoms with van der Waals surface area (Å²) in [5.74, 6) is 0. The third-order valence-electron chi connectivity index (χ3n) is 3.16. The zero-order valence-electron chi connectivity index (χ0n) is 13.0. The van der Waals surface area contributed by atoms with Crippen molar-refractivity contribution < 1.29 is 0 Å². The Hall–Kier alpha value is -0.770. The van der Waals surface area contributed by atoms with Gasteiger partial charge < -0.3 is 5.32 Å². The highest BCUT2D eigenvalue weighted by Crippen LogP contribution is 2.32. The molecule has 0 atom stereocenters. The molecule has 0 aliphatic heterocycles. The van der Waals surface area contributed by atoms with E-state index in [2.05, 4.69) is 91.4 Å². The van der Waals surface area contributed by atoms with Gasteiger partial charge in [0.25, 0.3) is 0 Å². The zero-order valence-corrected chi connectivity index (χ0v) is 15.4. The van der Waals surface area contributed by atoms with E-state index in [9.17, 15) is 0 Å². The van der Waals surface area contributed by atoms with Crippen molar-refractivity contribution in [1.82, 2.24) is 5.32 Å². The molecule has 112 valence electrons. The van der Waals surface area contributed by atoms with Gasteiger partial charge in [0.05, 0.1) is 0 Å². The van der Waals surface area contributed by atoms with Crippen LogP contribution in [0.25, 0.3) is 0 Å². The molecule has 2 aromatic carbocycles. The van der Waals surface area contributed by atoms with E-state index in [1.165, 1.54) is 20.9 Å². The molecule has 21 heavy (non-hydrogen) atoms. The van der Waals surface area contributed by atoms with Crippen molar-refractivity contribution in [3.8, 4) is 0 Å². The van der Waals surface area contributed by atoms with Crippen LogP contribution >= 0.6 is 27.7 Å². The maximum atomic E-state index is 3.69. The van der Waals surface area contributed by atoms with Crippen LogP contribution in [0.2, 0.25) is 0 Å². The second-order valence-electron chi connectivity index (χ2n) is 6.22. The third kappa shape index (κ3) is 5.17. The molecule has 0 aliphatic rings. The first-order chi connectivity index (χ1) is 9.85. The molecule has 2 aromatic rings. The van der Waals surface area contributed by atoms with Gasteiger partial charge in [-0.15, -0.1) is 0 Å². The Balaban J connectivity index is 2.10. The summed E-state index contributed by atoms with van der Waals surface area (Å²) in [7, 11) is 0. The van der Waals surface area contributed by atoms with Crippen LogP contribution in [0.1, 0.15) is 31.9 Å². The minimum atomic E-state index is 0.133. The van der Waals surface area contributed by atoms with Gasteiger partial charge in [-0.3, -0.25) is 0 Å². The Morgan fingerprint density at radius 3 is 2.43 bits per heavy atom. The smallest absolute Gasteiger partial charge is 0.0231 e. The number of hydrogen-bond donors (Lipinski definition) is 1. The molecule has 0 saturated heterocycles. The summed E-state index contributed by atoms with van der Waals surface area (Å²) in [4.78, 5) is 2.57. The first kappa shape index (κ1) is 16.6. The summed E-state index contributed by atoms with van der Waals surface area (Å²) in [6.45, 7) is 9.58. The summed E-state index contributed by atoms with van der Waals surface area (Å²) in [5.41, 5.74) is 2.74. The number of nitrogens with one attached hydrogen (secondary N) is 1. The average molecular weight is 364 g/mol. The summed E-state index contributed by atoms with van der Waals surface area (Å²) in [6.07, 6.45) is 0. The fraction of sp³-hybridized carbons (Fsp3) is 0.333. The molecule has 0 spiro atoms. The van der Waals surface area contributed by atoms with Gasteiger partial charge in [-0.25, -0.2) is 0 Å². The van der Waals surface area contributed by atoms with Gasteiger partial charge in [-0.2, -0.15) is 0 Å². The lowest BCUT2D eigenvalue weighted by atomic mass is 10.1. The normalized spacial score (nSPS) is 11.7. The monoisotopic (exact) mass is 363 g/mol. The number of aryl methyl sites for hydroxylation is 1. The molecule has 0 aliphatic carbocycles. The molecule has 0 bridgehead atoms. The molecule has 0 amide bonds. The summed E-state index contributed by atoms with van der Waals surface area (Å²) >= 11 is 5.50. The molecule has 3 heteroatoms. The summed E-state index contributed by atoms with van der Waals surface area (Å²) in [6, 6.07) is 15.1. The number of rotatable bonds is 4. The molecule has 0 radical (unpaired) electrons. The molecule has 1 N–H and O–H groups in total. The van der Waals surface area contributed by atoms with E-state index in [0.717, 1.165) is 11.0 Å². The first-order valence-corrected chi connectivity index (χ1v) is 8.73. The molecular weight excluding hydrogens is 342 g/mol. The topological polar surface area (TPSA) is 12.0 Å². The van der Waals surface area contributed by atoms with Crippen molar-refractivity contribution in [3.05, 3.63) is 58.1 Å². The molecule has 0 fully saturated rings. The van der Waals surface area contributed by atoms with Crippen LogP contribution in [-0.4, -0.2) is 5.54 Å². The van der Waals surface area contributed by atoms with E-state index in [-0.39, 0.29) is 5.54 Å². The van der Waals surface area contributed by atoms with Gasteiger partial charge in [-0.05, 0) is 57.0 Å². The van der Waals surface area contributed by atoms with Crippen LogP contribution in [0.15, 0.2) is 56.7 Å². The van der Waals surface area contributed by atoms with Gasteiger partial charge in [0, 0.05) is 26.3 Å². The molecule has 2 rings (SSSR count). The second-order valence-corrected chi connectivity index (χ2v) is 8.19. The lowest BCUT2D eigenvalue weighted by Crippen LogP contribution is -2.35. The molecule has 0 unspecified atom stereocenters. The zero-order chi connectivity index (χ0) is 15.5. The lowest BCUT2D eigenvalue weighted by molar-refractivity contribution is 0.424. The Morgan fingerprint density at radius 1 is 1.10 bits per heavy atom. The molecule has 1 nitrogen and oxygen atoms in total. The van der Waals surface area contributed by atoms with Crippen molar-refractivity contribution >= 4 is 27.7 Å². The van der Waals surface area contributed by atoms with Crippen LogP contribution in [-0.2, 0) is 6.54 Å². The summed E-state index contributed by atoms with van der Waals surface area (Å²) in [5, 5.41) is 3.52. The minimum absolute atomic E-state index is 0.133. The van der Waals surface area contributed by atoms with Gasteiger partial charge in [0.15, 0.2) is 0 Å². The maximum Gasteiger partial charge on any atom is 0.0231 e. The largest absolute Gasteiger partial charge is 0.308 e. The van der Waals surface area contributed by atoms with E-state index in [1.54, 1.807) is 0 Å². The van der Waals surface area contributed by atoms with E-state index in [4.69, 9.17) is 0 Å². The Bertz CT molecular complexity index is 617. The quantitative estimate of drug-likeness (QED) is 0.736. The average Bonchev–Trinajstić information content (AvgIpc) is 2.39. The van der Waals surface area contributed by atoms with E-state index in [0.29, 0.717) is 0 Å². The number of benzene rings is 2. The predicted octanol–water partition coefficient (Wildman–Crippen LogP) is 5.80. The van der Waals surface area contributed by atoms with Crippen molar-refractivity contribution in [2.45, 2.75) is 49.6 Å². The maximum absolute atomic E-state index is 3.69. The first-order valence-electron chi connectivity index (χ1n) is 7.12. The number of halogens is 1. The van der Waals surface area contributed by atoms with Crippen molar-refractivity contribution in [1.29, 1.82) is 0 Å². The van der Waals surface area contributed by atoms with Crippen molar-refractivity contribution in [3.63, 3.8) is 0 Å². The molecule has 0 saturated carbocycles. The Kier molecular flexibility index (Phi) is 5.53. The summed E-state index contributed by atoms with van der Waals surface area (Å²) < 4.78 is 1.16. The van der Waals surface area contributed by atoms with Gasteiger partial charge >= 0.3 is 0 Å². The van der Waals surface area contributed by atoms with Crippen molar-refractivity contribution in [2.24, 2.45) is 0 Å². The highest BCUT2D eigenvalue weighted by molar-refractivity contribution is 9.10. The third-order valence-corrected chi connectivity index (χ3v) is 5.06. The van der Waals surface area contributed by atoms with E-state index < -0.39 is 0 Å². The van der Waals surface area contributed by atoms with Gasteiger partial charge in [-0.1, -0.05) is 52.0 Å². The molecule has 0 heterocycles. The van der Waals surface area contributed by atoms with Crippen LogP contribution < -0.4 is 5.32 Å². The van der Waals surface area contributed by atoms with Crippen LogP contribution in [0.3, 0.4) is 0 Å². The van der Waals surface area contributed by atoms with Gasteiger partial charge in [0.2, 0.25) is 0 Å². The fourth-order valence-electron chi connectivity index (χ4n) is 1.89. The molecular formula is C18H22BrNS. The Labute approximate surface area is 140 Å².